The molecular weight excluding hydrogens is 174 g/mol. The van der Waals surface area contributed by atoms with Crippen LogP contribution in [0.5, 0.6) is 0 Å². The third kappa shape index (κ3) is 2.89. The number of rotatable bonds is 2. The van der Waals surface area contributed by atoms with Crippen molar-refractivity contribution in [2.45, 2.75) is 40.2 Å². The average Bonchev–Trinajstić information content (AvgIpc) is 2.41. The smallest absolute Gasteiger partial charge is 0.191 e. The Balaban J connectivity index is 2.51. The molecule has 0 spiro atoms. The first-order valence-electron chi connectivity index (χ1n) is 5.57. The number of nitrogens with zero attached hydrogens (tertiary/aromatic N) is 2. The number of guanidine groups is 1. The fraction of sp³-hybridized carbons (Fsp3) is 0.909. The molecule has 1 aliphatic rings. The molecule has 1 saturated heterocycles. The van der Waals surface area contributed by atoms with E-state index in [1.54, 1.807) is 0 Å². The van der Waals surface area contributed by atoms with E-state index in [9.17, 15) is 0 Å². The predicted octanol–water partition coefficient (Wildman–Crippen LogP) is 1.69. The fourth-order valence-electron chi connectivity index (χ4n) is 1.99. The summed E-state index contributed by atoms with van der Waals surface area (Å²) < 4.78 is 0. The topological polar surface area (TPSA) is 41.6 Å². The van der Waals surface area contributed by atoms with Crippen molar-refractivity contribution in [3.8, 4) is 0 Å². The number of nitrogens with two attached hydrogens (primary N) is 1. The molecular formula is C11H23N3. The van der Waals surface area contributed by atoms with Crippen LogP contribution in [-0.2, 0) is 0 Å². The maximum absolute atomic E-state index is 5.96. The van der Waals surface area contributed by atoms with E-state index in [1.807, 2.05) is 0 Å². The first-order chi connectivity index (χ1) is 6.50. The predicted molar refractivity (Wildman–Crippen MR) is 61.3 cm³/mol. The minimum Gasteiger partial charge on any atom is -0.370 e. The molecule has 2 atom stereocenters. The summed E-state index contributed by atoms with van der Waals surface area (Å²) in [7, 11) is 0. The van der Waals surface area contributed by atoms with Crippen molar-refractivity contribution in [3.05, 3.63) is 0 Å². The second kappa shape index (κ2) is 4.67. The molecule has 1 fully saturated rings. The molecule has 1 heterocycles. The van der Waals surface area contributed by atoms with E-state index < -0.39 is 0 Å². The second-order valence-corrected chi connectivity index (χ2v) is 4.93. The van der Waals surface area contributed by atoms with Crippen LogP contribution in [0, 0.1) is 11.8 Å². The van der Waals surface area contributed by atoms with E-state index >= 15 is 0 Å². The van der Waals surface area contributed by atoms with Gasteiger partial charge in [0.1, 0.15) is 0 Å². The van der Waals surface area contributed by atoms with Gasteiger partial charge in [-0.3, -0.25) is 4.99 Å². The molecule has 1 rings (SSSR count). The Morgan fingerprint density at radius 3 is 2.57 bits per heavy atom. The van der Waals surface area contributed by atoms with E-state index in [0.717, 1.165) is 25.0 Å². The lowest BCUT2D eigenvalue weighted by atomic mass is 10.1. The third-order valence-electron chi connectivity index (χ3n) is 2.70. The molecule has 0 aliphatic carbocycles. The molecule has 0 aromatic carbocycles. The summed E-state index contributed by atoms with van der Waals surface area (Å²) >= 11 is 0. The molecule has 0 radical (unpaired) electrons. The number of hydrogen-bond acceptors (Lipinski definition) is 1. The molecule has 0 aromatic heterocycles. The fourth-order valence-corrected chi connectivity index (χ4v) is 1.99. The van der Waals surface area contributed by atoms with Crippen LogP contribution in [0.15, 0.2) is 4.99 Å². The molecule has 3 heteroatoms. The Morgan fingerprint density at radius 1 is 1.50 bits per heavy atom. The molecule has 0 saturated carbocycles. The third-order valence-corrected chi connectivity index (χ3v) is 2.70. The number of hydrogen-bond donors (Lipinski definition) is 1. The molecule has 3 nitrogen and oxygen atoms in total. The van der Waals surface area contributed by atoms with Crippen LogP contribution in [0.2, 0.25) is 0 Å². The zero-order valence-electron chi connectivity index (χ0n) is 9.83. The van der Waals surface area contributed by atoms with Crippen LogP contribution in [0.1, 0.15) is 34.1 Å². The van der Waals surface area contributed by atoms with Crippen LogP contribution >= 0.6 is 0 Å². The minimum atomic E-state index is 0.556. The van der Waals surface area contributed by atoms with Gasteiger partial charge in [0.2, 0.25) is 0 Å². The van der Waals surface area contributed by atoms with Gasteiger partial charge < -0.3 is 10.6 Å². The molecule has 14 heavy (non-hydrogen) atoms. The van der Waals surface area contributed by atoms with Crippen molar-refractivity contribution in [2.75, 3.05) is 13.1 Å². The number of likely N-dealkylation sites (tertiary alicyclic amines) is 1. The van der Waals surface area contributed by atoms with E-state index in [-0.39, 0.29) is 0 Å². The highest BCUT2D eigenvalue weighted by Crippen LogP contribution is 2.21. The molecule has 2 unspecified atom stereocenters. The van der Waals surface area contributed by atoms with Crippen LogP contribution < -0.4 is 5.73 Å². The normalized spacial score (nSPS) is 28.9. The lowest BCUT2D eigenvalue weighted by Gasteiger charge is -2.22. The highest BCUT2D eigenvalue weighted by atomic mass is 15.3. The van der Waals surface area contributed by atoms with Crippen molar-refractivity contribution < 1.29 is 0 Å². The molecule has 0 aromatic rings. The molecule has 82 valence electrons. The van der Waals surface area contributed by atoms with Gasteiger partial charge in [-0.25, -0.2) is 0 Å². The maximum Gasteiger partial charge on any atom is 0.191 e. The summed E-state index contributed by atoms with van der Waals surface area (Å²) in [6.45, 7) is 10.7. The molecule has 0 bridgehead atoms. The minimum absolute atomic E-state index is 0.556. The summed E-state index contributed by atoms with van der Waals surface area (Å²) in [5.74, 6) is 2.07. The van der Waals surface area contributed by atoms with E-state index in [4.69, 9.17) is 5.73 Å². The highest BCUT2D eigenvalue weighted by Gasteiger charge is 2.27. The second-order valence-electron chi connectivity index (χ2n) is 4.93. The van der Waals surface area contributed by atoms with Gasteiger partial charge in [-0.15, -0.1) is 0 Å². The van der Waals surface area contributed by atoms with Gasteiger partial charge in [0, 0.05) is 19.1 Å². The lowest BCUT2D eigenvalue weighted by molar-refractivity contribution is 0.404. The quantitative estimate of drug-likeness (QED) is 0.540. The number of aliphatic imine (C=N–C) groups is 1. The van der Waals surface area contributed by atoms with Gasteiger partial charge in [-0.2, -0.15) is 0 Å². The summed E-state index contributed by atoms with van der Waals surface area (Å²) in [6.07, 6.45) is 1.23. The maximum atomic E-state index is 5.96. The summed E-state index contributed by atoms with van der Waals surface area (Å²) in [5.41, 5.74) is 5.96. The van der Waals surface area contributed by atoms with E-state index in [0.29, 0.717) is 12.0 Å². The van der Waals surface area contributed by atoms with E-state index in [2.05, 4.69) is 37.6 Å². The van der Waals surface area contributed by atoms with Gasteiger partial charge in [-0.1, -0.05) is 20.8 Å². The standard InChI is InChI=1S/C11H23N3/c1-8(2)6-13-11(12)14-7-9(3)5-10(14)4/h8-10H,5-7H2,1-4H3,(H2,12,13). The largest absolute Gasteiger partial charge is 0.370 e. The van der Waals surface area contributed by atoms with Crippen molar-refractivity contribution in [1.29, 1.82) is 0 Å². The Hall–Kier alpha value is -0.730. The SMILES string of the molecule is CC(C)CN=C(N)N1CC(C)CC1C. The van der Waals surface area contributed by atoms with Gasteiger partial charge in [0.05, 0.1) is 0 Å². The molecule has 1 aliphatic heterocycles. The van der Waals surface area contributed by atoms with E-state index in [1.165, 1.54) is 6.42 Å². The highest BCUT2D eigenvalue weighted by molar-refractivity contribution is 5.78. The van der Waals surface area contributed by atoms with Gasteiger partial charge in [-0.05, 0) is 25.2 Å². The van der Waals surface area contributed by atoms with Crippen LogP contribution in [0.25, 0.3) is 0 Å². The average molecular weight is 197 g/mol. The summed E-state index contributed by atoms with van der Waals surface area (Å²) in [4.78, 5) is 6.64. The molecule has 0 amide bonds. The zero-order chi connectivity index (χ0) is 10.7. The van der Waals surface area contributed by atoms with Crippen molar-refractivity contribution in [1.82, 2.24) is 4.90 Å². The Morgan fingerprint density at radius 2 is 2.14 bits per heavy atom. The van der Waals surface area contributed by atoms with Gasteiger partial charge >= 0.3 is 0 Å². The van der Waals surface area contributed by atoms with Crippen LogP contribution in [0.3, 0.4) is 0 Å². The van der Waals surface area contributed by atoms with Gasteiger partial charge in [0.15, 0.2) is 5.96 Å². The summed E-state index contributed by atoms with van der Waals surface area (Å²) in [6, 6.07) is 0.556. The van der Waals surface area contributed by atoms with Crippen molar-refractivity contribution >= 4 is 5.96 Å². The van der Waals surface area contributed by atoms with Crippen molar-refractivity contribution in [3.63, 3.8) is 0 Å². The molecule has 2 N–H and O–H groups in total. The van der Waals surface area contributed by atoms with Crippen LogP contribution in [0.4, 0.5) is 0 Å². The van der Waals surface area contributed by atoms with Crippen molar-refractivity contribution in [2.24, 2.45) is 22.6 Å². The first-order valence-corrected chi connectivity index (χ1v) is 5.57. The summed E-state index contributed by atoms with van der Waals surface area (Å²) in [5, 5.41) is 0. The zero-order valence-corrected chi connectivity index (χ0v) is 9.83. The Labute approximate surface area is 87.4 Å². The Bertz CT molecular complexity index is 211. The lowest BCUT2D eigenvalue weighted by Crippen LogP contribution is -2.40. The van der Waals surface area contributed by atoms with Crippen LogP contribution in [-0.4, -0.2) is 30.0 Å². The monoisotopic (exact) mass is 197 g/mol. The first kappa shape index (κ1) is 11.3. The van der Waals surface area contributed by atoms with Gasteiger partial charge in [0.25, 0.3) is 0 Å². The Kier molecular flexibility index (Phi) is 3.78.